The molecule has 5 aliphatic heterocycles. The Morgan fingerprint density at radius 3 is 2.60 bits per heavy atom. The predicted octanol–water partition coefficient (Wildman–Crippen LogP) is 5.67. The summed E-state index contributed by atoms with van der Waals surface area (Å²) in [6.45, 7) is 12.1. The van der Waals surface area contributed by atoms with Crippen LogP contribution in [0, 0.1) is 5.92 Å². The number of hydrogen-bond acceptors (Lipinski definition) is 6. The fraction of sp³-hybridized carbons (Fsp3) is 0.406. The third kappa shape index (κ3) is 3.80. The van der Waals surface area contributed by atoms with Gasteiger partial charge in [0.1, 0.15) is 11.3 Å². The SMILES string of the molecule is C=C(C1CCOCC1)N1/C(=C\C)C(=O)Nc2cc3c(cc21)C1CC2(CCN1C3=O)OC(=O)c1ccccc12.CC. The van der Waals surface area contributed by atoms with Gasteiger partial charge in [0.2, 0.25) is 0 Å². The van der Waals surface area contributed by atoms with Crippen molar-refractivity contribution >= 4 is 29.2 Å². The molecule has 1 N–H and O–H groups in total. The molecule has 2 saturated heterocycles. The van der Waals surface area contributed by atoms with Crippen LogP contribution in [0.4, 0.5) is 11.4 Å². The van der Waals surface area contributed by atoms with Crippen LogP contribution in [0.15, 0.2) is 60.4 Å². The Hall–Kier alpha value is -3.91. The number of anilines is 2. The standard InChI is InChI=1S/C30H29N3O5.C2H6/c1-3-24-27(34)31-23-14-21-20(15-25(23)33(24)17(2)18-8-12-37-13-9-18)26-16-30(10-11-32(26)28(21)35)22-7-5-4-6-19(22)29(36)38-30;1-2/h3-7,14-15,18,26H,2,8-13,16H2,1H3,(H,31,34);1-2H3/b24-3-;. The zero-order valence-corrected chi connectivity index (χ0v) is 23.3. The van der Waals surface area contributed by atoms with E-state index < -0.39 is 5.60 Å². The monoisotopic (exact) mass is 541 g/mol. The number of benzene rings is 2. The molecule has 0 radical (unpaired) electrons. The summed E-state index contributed by atoms with van der Waals surface area (Å²) < 4.78 is 11.6. The molecule has 8 nitrogen and oxygen atoms in total. The minimum Gasteiger partial charge on any atom is -0.450 e. The number of nitrogens with one attached hydrogen (secondary N) is 1. The maximum absolute atomic E-state index is 13.5. The van der Waals surface area contributed by atoms with Crippen molar-refractivity contribution in [1.29, 1.82) is 0 Å². The Morgan fingerprint density at radius 1 is 1.10 bits per heavy atom. The van der Waals surface area contributed by atoms with E-state index in [1.165, 1.54) is 0 Å². The lowest BCUT2D eigenvalue weighted by Gasteiger charge is -2.41. The molecule has 0 saturated carbocycles. The topological polar surface area (TPSA) is 88.2 Å². The fourth-order valence-electron chi connectivity index (χ4n) is 6.89. The van der Waals surface area contributed by atoms with E-state index in [0.29, 0.717) is 55.1 Å². The molecule has 1 spiro atoms. The molecule has 5 aliphatic rings. The largest absolute Gasteiger partial charge is 0.450 e. The second-order valence-corrected chi connectivity index (χ2v) is 10.7. The minimum absolute atomic E-state index is 0.0545. The average Bonchev–Trinajstić information content (AvgIpc) is 3.41. The summed E-state index contributed by atoms with van der Waals surface area (Å²) in [6, 6.07) is 11.2. The van der Waals surface area contributed by atoms with Crippen molar-refractivity contribution in [1.82, 2.24) is 4.90 Å². The molecule has 5 heterocycles. The normalized spacial score (nSPS) is 25.9. The zero-order chi connectivity index (χ0) is 28.2. The first-order chi connectivity index (χ1) is 19.4. The van der Waals surface area contributed by atoms with Crippen molar-refractivity contribution in [3.8, 4) is 0 Å². The highest BCUT2D eigenvalue weighted by atomic mass is 16.6. The van der Waals surface area contributed by atoms with Gasteiger partial charge in [-0.2, -0.15) is 0 Å². The molecule has 208 valence electrons. The molecule has 7 rings (SSSR count). The number of ether oxygens (including phenoxy) is 2. The van der Waals surface area contributed by atoms with Crippen molar-refractivity contribution in [3.63, 3.8) is 0 Å². The first kappa shape index (κ1) is 26.3. The van der Waals surface area contributed by atoms with Gasteiger partial charge in [0, 0.05) is 55.3 Å². The summed E-state index contributed by atoms with van der Waals surface area (Å²) in [5, 5.41) is 2.99. The van der Waals surface area contributed by atoms with E-state index >= 15 is 0 Å². The number of rotatable bonds is 2. The Morgan fingerprint density at radius 2 is 1.85 bits per heavy atom. The van der Waals surface area contributed by atoms with Gasteiger partial charge in [-0.05, 0) is 43.5 Å². The molecule has 2 aromatic carbocycles. The van der Waals surface area contributed by atoms with Gasteiger partial charge >= 0.3 is 5.97 Å². The summed E-state index contributed by atoms with van der Waals surface area (Å²) in [5.41, 5.74) is 5.04. The minimum atomic E-state index is -0.749. The van der Waals surface area contributed by atoms with Crippen molar-refractivity contribution < 1.29 is 23.9 Å². The maximum atomic E-state index is 13.5. The Balaban J connectivity index is 0.00000142. The zero-order valence-electron chi connectivity index (χ0n) is 23.3. The Kier molecular flexibility index (Phi) is 6.53. The third-order valence-electron chi connectivity index (χ3n) is 8.82. The molecule has 40 heavy (non-hydrogen) atoms. The summed E-state index contributed by atoms with van der Waals surface area (Å²) >= 11 is 0. The van der Waals surface area contributed by atoms with E-state index in [9.17, 15) is 14.4 Å². The molecule has 0 aliphatic carbocycles. The van der Waals surface area contributed by atoms with Crippen LogP contribution in [0.5, 0.6) is 0 Å². The molecular formula is C32H35N3O5. The van der Waals surface area contributed by atoms with Gasteiger partial charge in [0.25, 0.3) is 11.8 Å². The predicted molar refractivity (Wildman–Crippen MR) is 152 cm³/mol. The van der Waals surface area contributed by atoms with Crippen LogP contribution in [-0.4, -0.2) is 42.4 Å². The lowest BCUT2D eigenvalue weighted by atomic mass is 9.79. The number of carbonyl (C=O) groups is 3. The summed E-state index contributed by atoms with van der Waals surface area (Å²) in [6.07, 6.45) is 4.54. The molecular weight excluding hydrogens is 506 g/mol. The molecule has 2 atom stereocenters. The smallest absolute Gasteiger partial charge is 0.339 e. The number of esters is 1. The lowest BCUT2D eigenvalue weighted by molar-refractivity contribution is -0.113. The van der Waals surface area contributed by atoms with Crippen molar-refractivity contribution in [2.75, 3.05) is 30.0 Å². The fourth-order valence-corrected chi connectivity index (χ4v) is 6.89. The number of amides is 2. The van der Waals surface area contributed by atoms with Crippen LogP contribution in [0.25, 0.3) is 0 Å². The number of piperidine rings is 1. The molecule has 2 amide bonds. The molecule has 0 aromatic heterocycles. The Bertz CT molecular complexity index is 1460. The third-order valence-corrected chi connectivity index (χ3v) is 8.82. The number of fused-ring (bicyclic) bond motifs is 6. The van der Waals surface area contributed by atoms with Crippen LogP contribution in [0.2, 0.25) is 0 Å². The maximum Gasteiger partial charge on any atom is 0.339 e. The molecule has 0 bridgehead atoms. The van der Waals surface area contributed by atoms with Gasteiger partial charge in [-0.1, -0.05) is 44.7 Å². The van der Waals surface area contributed by atoms with Crippen LogP contribution in [-0.2, 0) is 19.9 Å². The van der Waals surface area contributed by atoms with Crippen LogP contribution >= 0.6 is 0 Å². The van der Waals surface area contributed by atoms with Crippen molar-refractivity contribution in [3.05, 3.63) is 82.7 Å². The lowest BCUT2D eigenvalue weighted by Crippen LogP contribution is -2.44. The van der Waals surface area contributed by atoms with E-state index in [0.717, 1.165) is 35.4 Å². The summed E-state index contributed by atoms with van der Waals surface area (Å²) in [7, 11) is 0. The summed E-state index contributed by atoms with van der Waals surface area (Å²) in [4.78, 5) is 43.2. The first-order valence-corrected chi connectivity index (χ1v) is 14.3. The second-order valence-electron chi connectivity index (χ2n) is 10.7. The van der Waals surface area contributed by atoms with Crippen molar-refractivity contribution in [2.45, 2.75) is 58.1 Å². The van der Waals surface area contributed by atoms with Gasteiger partial charge in [-0.15, -0.1) is 0 Å². The quantitative estimate of drug-likeness (QED) is 0.389. The molecule has 2 aromatic rings. The van der Waals surface area contributed by atoms with Gasteiger partial charge in [0.15, 0.2) is 0 Å². The van der Waals surface area contributed by atoms with Gasteiger partial charge in [-0.3, -0.25) is 9.59 Å². The van der Waals surface area contributed by atoms with Crippen molar-refractivity contribution in [2.24, 2.45) is 5.92 Å². The van der Waals surface area contributed by atoms with E-state index in [1.807, 2.05) is 60.9 Å². The molecule has 2 fully saturated rings. The Labute approximate surface area is 234 Å². The van der Waals surface area contributed by atoms with E-state index in [4.69, 9.17) is 9.47 Å². The highest BCUT2D eigenvalue weighted by Gasteiger charge is 2.54. The highest BCUT2D eigenvalue weighted by molar-refractivity contribution is 6.14. The van der Waals surface area contributed by atoms with Gasteiger partial charge in [-0.25, -0.2) is 4.79 Å². The number of hydrogen-bond donors (Lipinski definition) is 1. The van der Waals surface area contributed by atoms with E-state index in [2.05, 4.69) is 11.9 Å². The highest BCUT2D eigenvalue weighted by Crippen LogP contribution is 2.54. The molecule has 2 unspecified atom stereocenters. The first-order valence-electron chi connectivity index (χ1n) is 14.3. The average molecular weight is 542 g/mol. The summed E-state index contributed by atoms with van der Waals surface area (Å²) in [5.74, 6) is -0.384. The van der Waals surface area contributed by atoms with Crippen LogP contribution in [0.3, 0.4) is 0 Å². The van der Waals surface area contributed by atoms with Crippen LogP contribution < -0.4 is 10.2 Å². The van der Waals surface area contributed by atoms with Gasteiger partial charge < -0.3 is 24.6 Å². The second kappa shape index (κ2) is 9.93. The number of allylic oxidation sites excluding steroid dienone is 2. The van der Waals surface area contributed by atoms with Crippen LogP contribution in [0.1, 0.15) is 84.3 Å². The number of carbonyl (C=O) groups excluding carboxylic acids is 3. The molecule has 8 heteroatoms. The number of nitrogens with zero attached hydrogens (tertiary/aromatic N) is 2. The van der Waals surface area contributed by atoms with Gasteiger partial charge in [0.05, 0.1) is 23.0 Å². The van der Waals surface area contributed by atoms with E-state index in [-0.39, 0.29) is 29.7 Å². The van der Waals surface area contributed by atoms with E-state index in [1.54, 1.807) is 12.1 Å².